The second-order valence-corrected chi connectivity index (χ2v) is 7.45. The van der Waals surface area contributed by atoms with Crippen LogP contribution in [0.5, 0.6) is 0 Å². The van der Waals surface area contributed by atoms with Crippen LogP contribution in [0, 0.1) is 0 Å². The summed E-state index contributed by atoms with van der Waals surface area (Å²) in [4.78, 5) is 0. The largest absolute Gasteiger partial charge is 0.396 e. The molecule has 2 atom stereocenters. The Labute approximate surface area is 90.7 Å². The van der Waals surface area contributed by atoms with Gasteiger partial charge in [0.05, 0.1) is 0 Å². The van der Waals surface area contributed by atoms with Crippen molar-refractivity contribution in [2.75, 3.05) is 12.8 Å². The van der Waals surface area contributed by atoms with Crippen LogP contribution in [0.2, 0.25) is 0 Å². The third kappa shape index (κ3) is 2.02. The summed E-state index contributed by atoms with van der Waals surface area (Å²) in [5.41, 5.74) is 0.213. The molecule has 15 heavy (non-hydrogen) atoms. The molecule has 2 rings (SSSR count). The third-order valence-electron chi connectivity index (χ3n) is 3.27. The van der Waals surface area contributed by atoms with Crippen LogP contribution in [0.3, 0.4) is 0 Å². The minimum absolute atomic E-state index is 0.154. The molecule has 0 aromatic heterocycles. The van der Waals surface area contributed by atoms with Gasteiger partial charge >= 0.3 is 0 Å². The van der Waals surface area contributed by atoms with Gasteiger partial charge in [-0.1, -0.05) is 30.3 Å². The Morgan fingerprint density at radius 1 is 1.33 bits per heavy atom. The van der Waals surface area contributed by atoms with Crippen LogP contribution in [-0.2, 0) is 4.57 Å². The molecule has 1 aliphatic rings. The molecule has 0 aliphatic carbocycles. The van der Waals surface area contributed by atoms with Crippen molar-refractivity contribution in [1.29, 1.82) is 0 Å². The molecular formula is C12H17O2P. The highest BCUT2D eigenvalue weighted by Crippen LogP contribution is 2.57. The van der Waals surface area contributed by atoms with Crippen molar-refractivity contribution in [3.05, 3.63) is 30.3 Å². The van der Waals surface area contributed by atoms with Gasteiger partial charge in [-0.3, -0.25) is 0 Å². The van der Waals surface area contributed by atoms with E-state index in [9.17, 15) is 4.57 Å². The van der Waals surface area contributed by atoms with Crippen LogP contribution < -0.4 is 5.30 Å². The second-order valence-electron chi connectivity index (χ2n) is 4.16. The third-order valence-corrected chi connectivity index (χ3v) is 7.12. The van der Waals surface area contributed by atoms with Crippen molar-refractivity contribution in [1.82, 2.24) is 0 Å². The highest BCUT2D eigenvalue weighted by molar-refractivity contribution is 7.72. The summed E-state index contributed by atoms with van der Waals surface area (Å²) in [7, 11) is -2.21. The van der Waals surface area contributed by atoms with Gasteiger partial charge in [-0.15, -0.1) is 0 Å². The van der Waals surface area contributed by atoms with Crippen molar-refractivity contribution in [3.8, 4) is 0 Å². The molecule has 1 heterocycles. The lowest BCUT2D eigenvalue weighted by Crippen LogP contribution is -2.15. The summed E-state index contributed by atoms with van der Waals surface area (Å²) < 4.78 is 12.8. The summed E-state index contributed by atoms with van der Waals surface area (Å²) in [6.45, 7) is 0.154. The molecule has 1 N–H and O–H groups in total. The van der Waals surface area contributed by atoms with Gasteiger partial charge in [-0.05, 0) is 19.3 Å². The molecule has 2 unspecified atom stereocenters. The van der Waals surface area contributed by atoms with Crippen molar-refractivity contribution in [3.63, 3.8) is 0 Å². The Kier molecular flexibility index (Phi) is 3.28. The fourth-order valence-corrected chi connectivity index (χ4v) is 5.98. The van der Waals surface area contributed by atoms with Crippen LogP contribution in [0.15, 0.2) is 30.3 Å². The first-order valence-electron chi connectivity index (χ1n) is 5.52. The molecule has 0 bridgehead atoms. The number of hydrogen-bond donors (Lipinski definition) is 1. The van der Waals surface area contributed by atoms with Gasteiger partial charge in [-0.2, -0.15) is 0 Å². The zero-order valence-electron chi connectivity index (χ0n) is 8.80. The Balaban J connectivity index is 2.29. The molecule has 1 aromatic rings. The van der Waals surface area contributed by atoms with E-state index in [0.717, 1.165) is 24.3 Å². The number of aliphatic hydroxyl groups is 1. The molecule has 1 fully saturated rings. The van der Waals surface area contributed by atoms with Crippen LogP contribution in [-0.4, -0.2) is 23.5 Å². The monoisotopic (exact) mass is 224 g/mol. The van der Waals surface area contributed by atoms with Gasteiger partial charge in [-0.25, -0.2) is 0 Å². The van der Waals surface area contributed by atoms with E-state index < -0.39 is 7.14 Å². The summed E-state index contributed by atoms with van der Waals surface area (Å²) in [5, 5.41) is 9.99. The maximum atomic E-state index is 12.8. The van der Waals surface area contributed by atoms with Crippen molar-refractivity contribution in [2.24, 2.45) is 0 Å². The van der Waals surface area contributed by atoms with E-state index in [1.807, 2.05) is 30.3 Å². The van der Waals surface area contributed by atoms with Crippen LogP contribution in [0.25, 0.3) is 0 Å². The highest BCUT2D eigenvalue weighted by Gasteiger charge is 2.38. The Morgan fingerprint density at radius 2 is 2.07 bits per heavy atom. The van der Waals surface area contributed by atoms with Gasteiger partial charge in [0, 0.05) is 23.7 Å². The van der Waals surface area contributed by atoms with E-state index in [1.54, 1.807) is 0 Å². The van der Waals surface area contributed by atoms with E-state index in [4.69, 9.17) is 5.11 Å². The van der Waals surface area contributed by atoms with Crippen LogP contribution in [0.4, 0.5) is 0 Å². The molecule has 82 valence electrons. The zero-order chi connectivity index (χ0) is 10.7. The zero-order valence-corrected chi connectivity index (χ0v) is 9.70. The minimum atomic E-state index is -2.21. The van der Waals surface area contributed by atoms with E-state index in [0.29, 0.717) is 6.42 Å². The lowest BCUT2D eigenvalue weighted by atomic mass is 10.2. The SMILES string of the molecule is O=P1(c2ccccc2)CCCC1CCO. The predicted octanol–water partition coefficient (Wildman–Crippen LogP) is 2.22. The smallest absolute Gasteiger partial charge is 0.118 e. The molecule has 3 heteroatoms. The molecule has 0 radical (unpaired) electrons. The average Bonchev–Trinajstić information content (AvgIpc) is 2.64. The molecule has 0 saturated carbocycles. The Hall–Kier alpha value is -0.590. The lowest BCUT2D eigenvalue weighted by molar-refractivity contribution is 0.285. The lowest BCUT2D eigenvalue weighted by Gasteiger charge is -2.20. The predicted molar refractivity (Wildman–Crippen MR) is 63.3 cm³/mol. The van der Waals surface area contributed by atoms with Crippen molar-refractivity contribution < 1.29 is 9.67 Å². The summed E-state index contributed by atoms with van der Waals surface area (Å²) in [6, 6.07) is 9.78. The number of rotatable bonds is 3. The van der Waals surface area contributed by atoms with E-state index in [2.05, 4.69) is 0 Å². The van der Waals surface area contributed by atoms with Crippen molar-refractivity contribution in [2.45, 2.75) is 24.9 Å². The quantitative estimate of drug-likeness (QED) is 0.799. The highest BCUT2D eigenvalue weighted by atomic mass is 31.2. The van der Waals surface area contributed by atoms with Gasteiger partial charge in [0.1, 0.15) is 7.14 Å². The van der Waals surface area contributed by atoms with Crippen molar-refractivity contribution >= 4 is 12.4 Å². The van der Waals surface area contributed by atoms with Crippen LogP contribution in [0.1, 0.15) is 19.3 Å². The van der Waals surface area contributed by atoms with E-state index in [1.165, 1.54) is 0 Å². The Bertz CT molecular complexity index is 361. The molecule has 0 spiro atoms. The number of aliphatic hydroxyl groups excluding tert-OH is 1. The molecule has 1 saturated heterocycles. The van der Waals surface area contributed by atoms with Gasteiger partial charge in [0.25, 0.3) is 0 Å². The maximum absolute atomic E-state index is 12.8. The fourth-order valence-electron chi connectivity index (χ4n) is 2.48. The molecular weight excluding hydrogens is 207 g/mol. The first-order valence-corrected chi connectivity index (χ1v) is 7.49. The fraction of sp³-hybridized carbons (Fsp3) is 0.500. The maximum Gasteiger partial charge on any atom is 0.118 e. The molecule has 1 aliphatic heterocycles. The number of benzene rings is 1. The topological polar surface area (TPSA) is 37.3 Å². The Morgan fingerprint density at radius 3 is 2.73 bits per heavy atom. The van der Waals surface area contributed by atoms with Gasteiger partial charge in [0.2, 0.25) is 0 Å². The first-order chi connectivity index (χ1) is 7.27. The summed E-state index contributed by atoms with van der Waals surface area (Å²) in [5.74, 6) is 0. The van der Waals surface area contributed by atoms with E-state index in [-0.39, 0.29) is 12.3 Å². The van der Waals surface area contributed by atoms with Gasteiger partial charge < -0.3 is 9.67 Å². The van der Waals surface area contributed by atoms with Crippen LogP contribution >= 0.6 is 7.14 Å². The number of hydrogen-bond acceptors (Lipinski definition) is 2. The van der Waals surface area contributed by atoms with E-state index >= 15 is 0 Å². The standard InChI is InChI=1S/C12H17O2P/c13-9-8-12-7-4-10-15(12,14)11-5-2-1-3-6-11/h1-3,5-6,12-13H,4,7-10H2. The molecule has 0 amide bonds. The van der Waals surface area contributed by atoms with Gasteiger partial charge in [0.15, 0.2) is 0 Å². The molecule has 2 nitrogen and oxygen atoms in total. The summed E-state index contributed by atoms with van der Waals surface area (Å²) >= 11 is 0. The average molecular weight is 224 g/mol. The molecule has 1 aromatic carbocycles. The minimum Gasteiger partial charge on any atom is -0.396 e. The second kappa shape index (κ2) is 4.51. The normalized spacial score (nSPS) is 30.6. The summed E-state index contributed by atoms with van der Waals surface area (Å²) in [6.07, 6.45) is 3.55. The first kappa shape index (κ1) is 10.9.